The summed E-state index contributed by atoms with van der Waals surface area (Å²) < 4.78 is 24.5. The normalized spacial score (nSPS) is 31.6. The number of alkyl halides is 2. The van der Waals surface area contributed by atoms with Crippen molar-refractivity contribution >= 4 is 0 Å². The van der Waals surface area contributed by atoms with E-state index in [2.05, 4.69) is 0 Å². The van der Waals surface area contributed by atoms with Crippen molar-refractivity contribution in [1.82, 2.24) is 0 Å². The van der Waals surface area contributed by atoms with Crippen LogP contribution < -0.4 is 5.73 Å². The highest BCUT2D eigenvalue weighted by atomic mass is 19.3. The molecule has 2 saturated carbocycles. The smallest absolute Gasteiger partial charge is 0.256 e. The molecular weight excluding hydrogens is 148 g/mol. The van der Waals surface area contributed by atoms with E-state index in [-0.39, 0.29) is 5.41 Å². The summed E-state index contributed by atoms with van der Waals surface area (Å²) in [6.45, 7) is 0. The highest BCUT2D eigenvalue weighted by Crippen LogP contribution is 2.60. The Morgan fingerprint density at radius 3 is 2.00 bits per heavy atom. The summed E-state index contributed by atoms with van der Waals surface area (Å²) in [6.07, 6.45) is 2.24. The van der Waals surface area contributed by atoms with Crippen molar-refractivity contribution in [3.8, 4) is 0 Å². The standard InChI is InChI=1S/C8H13F2N/c9-6(10)8(11)4-7(5-8)2-1-3-7/h6H,1-5,11H2. The zero-order valence-corrected chi connectivity index (χ0v) is 6.45. The van der Waals surface area contributed by atoms with Gasteiger partial charge in [-0.2, -0.15) is 0 Å². The van der Waals surface area contributed by atoms with Gasteiger partial charge in [0, 0.05) is 0 Å². The molecule has 11 heavy (non-hydrogen) atoms. The maximum absolute atomic E-state index is 12.2. The molecule has 0 saturated heterocycles. The Balaban J connectivity index is 1.95. The number of rotatable bonds is 1. The lowest BCUT2D eigenvalue weighted by molar-refractivity contribution is -0.112. The van der Waals surface area contributed by atoms with Gasteiger partial charge in [0.05, 0.1) is 5.54 Å². The molecule has 0 unspecified atom stereocenters. The van der Waals surface area contributed by atoms with E-state index in [1.165, 1.54) is 6.42 Å². The van der Waals surface area contributed by atoms with Crippen LogP contribution in [0.4, 0.5) is 8.78 Å². The molecule has 1 nitrogen and oxygen atoms in total. The van der Waals surface area contributed by atoms with Gasteiger partial charge < -0.3 is 5.73 Å². The van der Waals surface area contributed by atoms with Gasteiger partial charge in [-0.3, -0.25) is 0 Å². The van der Waals surface area contributed by atoms with Gasteiger partial charge in [-0.1, -0.05) is 6.42 Å². The Labute approximate surface area is 65.0 Å². The second-order valence-electron chi connectivity index (χ2n) is 4.24. The zero-order chi connectivity index (χ0) is 8.11. The molecule has 0 aromatic rings. The third-order valence-electron chi connectivity index (χ3n) is 3.26. The lowest BCUT2D eigenvalue weighted by Crippen LogP contribution is -2.64. The molecule has 0 aromatic heterocycles. The molecule has 0 atom stereocenters. The summed E-state index contributed by atoms with van der Waals surface area (Å²) in [5, 5.41) is 0. The monoisotopic (exact) mass is 161 g/mol. The third-order valence-corrected chi connectivity index (χ3v) is 3.26. The van der Waals surface area contributed by atoms with E-state index < -0.39 is 12.0 Å². The molecule has 1 spiro atoms. The van der Waals surface area contributed by atoms with Gasteiger partial charge in [0.2, 0.25) is 0 Å². The first-order valence-corrected chi connectivity index (χ1v) is 4.14. The van der Waals surface area contributed by atoms with Crippen molar-refractivity contribution in [1.29, 1.82) is 0 Å². The van der Waals surface area contributed by atoms with E-state index in [4.69, 9.17) is 5.73 Å². The van der Waals surface area contributed by atoms with Gasteiger partial charge in [-0.15, -0.1) is 0 Å². The minimum atomic E-state index is -2.33. The van der Waals surface area contributed by atoms with Gasteiger partial charge in [0.25, 0.3) is 6.43 Å². The van der Waals surface area contributed by atoms with Gasteiger partial charge in [0.15, 0.2) is 0 Å². The van der Waals surface area contributed by atoms with Crippen LogP contribution in [0.15, 0.2) is 0 Å². The van der Waals surface area contributed by atoms with Crippen LogP contribution in [0.2, 0.25) is 0 Å². The summed E-state index contributed by atoms with van der Waals surface area (Å²) in [6, 6.07) is 0. The molecule has 0 amide bonds. The van der Waals surface area contributed by atoms with Crippen LogP contribution in [-0.4, -0.2) is 12.0 Å². The predicted molar refractivity (Wildman–Crippen MR) is 38.4 cm³/mol. The molecule has 2 aliphatic rings. The van der Waals surface area contributed by atoms with Crippen LogP contribution in [0, 0.1) is 5.41 Å². The van der Waals surface area contributed by atoms with Gasteiger partial charge in [0.1, 0.15) is 0 Å². The van der Waals surface area contributed by atoms with Crippen LogP contribution in [0.3, 0.4) is 0 Å². The topological polar surface area (TPSA) is 26.0 Å². The molecule has 64 valence electrons. The van der Waals surface area contributed by atoms with E-state index in [0.717, 1.165) is 12.8 Å². The van der Waals surface area contributed by atoms with Gasteiger partial charge in [-0.25, -0.2) is 8.78 Å². The summed E-state index contributed by atoms with van der Waals surface area (Å²) in [5.74, 6) is 0. The fourth-order valence-corrected chi connectivity index (χ4v) is 2.53. The first kappa shape index (κ1) is 7.47. The molecule has 3 heteroatoms. The van der Waals surface area contributed by atoms with E-state index in [1.807, 2.05) is 0 Å². The minimum absolute atomic E-state index is 0.255. The maximum atomic E-state index is 12.2. The number of hydrogen-bond acceptors (Lipinski definition) is 1. The Morgan fingerprint density at radius 1 is 1.18 bits per heavy atom. The fraction of sp³-hybridized carbons (Fsp3) is 1.00. The Hall–Kier alpha value is -0.180. The number of hydrogen-bond donors (Lipinski definition) is 1. The molecule has 0 heterocycles. The van der Waals surface area contributed by atoms with Gasteiger partial charge >= 0.3 is 0 Å². The average molecular weight is 161 g/mol. The van der Waals surface area contributed by atoms with Crippen molar-refractivity contribution in [3.63, 3.8) is 0 Å². The highest BCUT2D eigenvalue weighted by molar-refractivity contribution is 5.11. The van der Waals surface area contributed by atoms with E-state index in [1.54, 1.807) is 0 Å². The minimum Gasteiger partial charge on any atom is -0.320 e. The van der Waals surface area contributed by atoms with E-state index in [0.29, 0.717) is 12.8 Å². The zero-order valence-electron chi connectivity index (χ0n) is 6.45. The summed E-state index contributed by atoms with van der Waals surface area (Å²) in [4.78, 5) is 0. The molecule has 0 radical (unpaired) electrons. The van der Waals surface area contributed by atoms with Crippen molar-refractivity contribution in [2.24, 2.45) is 11.1 Å². The van der Waals surface area contributed by atoms with Crippen molar-refractivity contribution in [3.05, 3.63) is 0 Å². The van der Waals surface area contributed by atoms with Crippen LogP contribution in [-0.2, 0) is 0 Å². The molecular formula is C8H13F2N. The lowest BCUT2D eigenvalue weighted by Gasteiger charge is -2.59. The van der Waals surface area contributed by atoms with Gasteiger partial charge in [-0.05, 0) is 31.1 Å². The lowest BCUT2D eigenvalue weighted by atomic mass is 9.49. The maximum Gasteiger partial charge on any atom is 0.256 e. The first-order chi connectivity index (χ1) is 5.06. The van der Waals surface area contributed by atoms with Crippen molar-refractivity contribution in [2.75, 3.05) is 0 Å². The highest BCUT2D eigenvalue weighted by Gasteiger charge is 2.59. The van der Waals surface area contributed by atoms with E-state index in [9.17, 15) is 8.78 Å². The number of nitrogens with two attached hydrogens (primary N) is 1. The van der Waals surface area contributed by atoms with Crippen LogP contribution in [0.5, 0.6) is 0 Å². The third kappa shape index (κ3) is 0.901. The molecule has 2 fully saturated rings. The second-order valence-corrected chi connectivity index (χ2v) is 4.24. The van der Waals surface area contributed by atoms with E-state index >= 15 is 0 Å². The SMILES string of the molecule is NC1(C(F)F)CC2(CCC2)C1. The molecule has 2 rings (SSSR count). The van der Waals surface area contributed by atoms with Crippen LogP contribution >= 0.6 is 0 Å². The summed E-state index contributed by atoms with van der Waals surface area (Å²) in [7, 11) is 0. The second kappa shape index (κ2) is 1.94. The fourth-order valence-electron chi connectivity index (χ4n) is 2.53. The Bertz CT molecular complexity index is 167. The number of halogens is 2. The summed E-state index contributed by atoms with van der Waals surface area (Å²) in [5.41, 5.74) is 4.61. The molecule has 0 bridgehead atoms. The quantitative estimate of drug-likeness (QED) is 0.624. The average Bonchev–Trinajstić information content (AvgIpc) is 1.75. The molecule has 2 N–H and O–H groups in total. The Kier molecular flexibility index (Phi) is 1.32. The van der Waals surface area contributed by atoms with Crippen molar-refractivity contribution in [2.45, 2.75) is 44.1 Å². The van der Waals surface area contributed by atoms with Crippen molar-refractivity contribution < 1.29 is 8.78 Å². The molecule has 0 aliphatic heterocycles. The van der Waals surface area contributed by atoms with Crippen LogP contribution in [0.1, 0.15) is 32.1 Å². The van der Waals surface area contributed by atoms with Crippen LogP contribution in [0.25, 0.3) is 0 Å². The Morgan fingerprint density at radius 2 is 1.73 bits per heavy atom. The largest absolute Gasteiger partial charge is 0.320 e. The predicted octanol–water partition coefficient (Wildman–Crippen LogP) is 1.91. The molecule has 0 aromatic carbocycles. The summed E-state index contributed by atoms with van der Waals surface area (Å²) >= 11 is 0. The first-order valence-electron chi connectivity index (χ1n) is 4.14. The molecule has 2 aliphatic carbocycles.